The molecule has 0 radical (unpaired) electrons. The van der Waals surface area contributed by atoms with Gasteiger partial charge in [0.05, 0.1) is 6.04 Å². The summed E-state index contributed by atoms with van der Waals surface area (Å²) in [7, 11) is 2.03. The van der Waals surface area contributed by atoms with Crippen molar-refractivity contribution < 1.29 is 9.53 Å². The summed E-state index contributed by atoms with van der Waals surface area (Å²) in [6, 6.07) is 4.23. The highest BCUT2D eigenvalue weighted by atomic mass is 16.6. The van der Waals surface area contributed by atoms with Gasteiger partial charge in [0.25, 0.3) is 0 Å². The van der Waals surface area contributed by atoms with Crippen LogP contribution in [-0.2, 0) is 4.74 Å². The summed E-state index contributed by atoms with van der Waals surface area (Å²) in [6.45, 7) is 9.34. The molecule has 5 nitrogen and oxygen atoms in total. The number of ether oxygens (including phenoxy) is 1. The first kappa shape index (κ1) is 17.6. The lowest BCUT2D eigenvalue weighted by Crippen LogP contribution is -2.50. The number of aryl methyl sites for hydroxylation is 1. The highest BCUT2D eigenvalue weighted by Crippen LogP contribution is 2.22. The van der Waals surface area contributed by atoms with Gasteiger partial charge in [-0.2, -0.15) is 0 Å². The maximum atomic E-state index is 12.5. The number of aromatic nitrogens is 1. The first-order valence-electron chi connectivity index (χ1n) is 8.40. The minimum absolute atomic E-state index is 0.172. The van der Waals surface area contributed by atoms with Gasteiger partial charge >= 0.3 is 6.09 Å². The Bertz CT molecular complexity index is 539. The van der Waals surface area contributed by atoms with E-state index < -0.39 is 5.60 Å². The van der Waals surface area contributed by atoms with E-state index in [9.17, 15) is 4.79 Å². The molecule has 1 fully saturated rings. The highest BCUT2D eigenvalue weighted by molar-refractivity contribution is 5.68. The molecule has 0 N–H and O–H groups in total. The molecule has 2 heterocycles. The van der Waals surface area contributed by atoms with Gasteiger partial charge in [-0.1, -0.05) is 0 Å². The van der Waals surface area contributed by atoms with E-state index >= 15 is 0 Å². The van der Waals surface area contributed by atoms with Gasteiger partial charge in [-0.25, -0.2) is 9.78 Å². The van der Waals surface area contributed by atoms with E-state index in [4.69, 9.17) is 4.74 Å². The summed E-state index contributed by atoms with van der Waals surface area (Å²) < 4.78 is 5.57. The third-order valence-electron chi connectivity index (χ3n) is 4.03. The quantitative estimate of drug-likeness (QED) is 0.853. The third kappa shape index (κ3) is 5.12. The molecule has 0 saturated carbocycles. The molecule has 1 atom stereocenters. The molecule has 0 aromatic carbocycles. The molecule has 1 amide bonds. The molecule has 0 bridgehead atoms. The van der Waals surface area contributed by atoms with Crippen LogP contribution in [0.1, 0.15) is 45.6 Å². The van der Waals surface area contributed by atoms with Crippen LogP contribution in [-0.4, -0.2) is 47.8 Å². The summed E-state index contributed by atoms with van der Waals surface area (Å²) in [5, 5.41) is 0. The van der Waals surface area contributed by atoms with Crippen LogP contribution in [0.25, 0.3) is 0 Å². The number of carbonyl (C=O) groups is 1. The van der Waals surface area contributed by atoms with Crippen molar-refractivity contribution in [2.45, 2.75) is 58.6 Å². The number of carbonyl (C=O) groups excluding carboxylic acids is 1. The van der Waals surface area contributed by atoms with Crippen molar-refractivity contribution >= 4 is 11.9 Å². The van der Waals surface area contributed by atoms with Crippen LogP contribution in [0.3, 0.4) is 0 Å². The first-order valence-corrected chi connectivity index (χ1v) is 8.40. The van der Waals surface area contributed by atoms with Crippen LogP contribution in [0.2, 0.25) is 0 Å². The number of nitrogens with zero attached hydrogens (tertiary/aromatic N) is 3. The second-order valence-corrected chi connectivity index (χ2v) is 7.40. The average molecular weight is 319 g/mol. The fourth-order valence-electron chi connectivity index (χ4n) is 2.89. The van der Waals surface area contributed by atoms with Crippen LogP contribution in [0.15, 0.2) is 18.3 Å². The van der Waals surface area contributed by atoms with Gasteiger partial charge in [-0.15, -0.1) is 0 Å². The van der Waals surface area contributed by atoms with Gasteiger partial charge in [0.15, 0.2) is 0 Å². The van der Waals surface area contributed by atoms with Crippen LogP contribution < -0.4 is 4.90 Å². The number of amides is 1. The van der Waals surface area contributed by atoms with Gasteiger partial charge in [0, 0.05) is 26.3 Å². The Balaban J connectivity index is 2.05. The molecule has 1 aromatic rings. The Morgan fingerprint density at radius 1 is 1.43 bits per heavy atom. The van der Waals surface area contributed by atoms with Gasteiger partial charge in [0.1, 0.15) is 11.4 Å². The summed E-state index contributed by atoms with van der Waals surface area (Å²) >= 11 is 0. The van der Waals surface area contributed by atoms with Crippen LogP contribution in [0.5, 0.6) is 0 Å². The maximum absolute atomic E-state index is 12.5. The van der Waals surface area contributed by atoms with E-state index in [1.165, 1.54) is 5.56 Å². The maximum Gasteiger partial charge on any atom is 0.410 e. The lowest BCUT2D eigenvalue weighted by Gasteiger charge is -2.38. The normalized spacial score (nSPS) is 18.7. The van der Waals surface area contributed by atoms with E-state index in [1.54, 1.807) is 0 Å². The Morgan fingerprint density at radius 2 is 2.17 bits per heavy atom. The molecule has 1 aliphatic heterocycles. The van der Waals surface area contributed by atoms with E-state index in [2.05, 4.69) is 22.9 Å². The number of likely N-dealkylation sites (tertiary alicyclic amines) is 1. The van der Waals surface area contributed by atoms with Crippen molar-refractivity contribution in [3.8, 4) is 0 Å². The zero-order chi connectivity index (χ0) is 17.0. The Kier molecular flexibility index (Phi) is 5.50. The fraction of sp³-hybridized carbons (Fsp3) is 0.667. The Morgan fingerprint density at radius 3 is 2.83 bits per heavy atom. The largest absolute Gasteiger partial charge is 0.444 e. The molecule has 1 aliphatic rings. The van der Waals surface area contributed by atoms with Gasteiger partial charge in [-0.3, -0.25) is 0 Å². The van der Waals surface area contributed by atoms with Gasteiger partial charge < -0.3 is 14.5 Å². The highest BCUT2D eigenvalue weighted by Gasteiger charge is 2.31. The van der Waals surface area contributed by atoms with Crippen LogP contribution in [0.4, 0.5) is 10.6 Å². The molecular weight excluding hydrogens is 290 g/mol. The molecule has 128 valence electrons. The summed E-state index contributed by atoms with van der Waals surface area (Å²) in [5.74, 6) is 0.944. The number of piperidine rings is 1. The van der Waals surface area contributed by atoms with Crippen molar-refractivity contribution in [3.05, 3.63) is 23.9 Å². The standard InChI is InChI=1S/C18H29N3O2/c1-14-9-10-19-16(12-14)20(5)13-15-8-6-7-11-21(15)17(22)23-18(2,3)4/h9-10,12,15H,6-8,11,13H2,1-5H3/t15-/m0/s1. The van der Waals surface area contributed by atoms with Crippen molar-refractivity contribution in [2.75, 3.05) is 25.0 Å². The topological polar surface area (TPSA) is 45.7 Å². The van der Waals surface area contributed by atoms with Gasteiger partial charge in [-0.05, 0) is 64.7 Å². The number of rotatable bonds is 3. The lowest BCUT2D eigenvalue weighted by atomic mass is 10.0. The van der Waals surface area contributed by atoms with Crippen molar-refractivity contribution in [1.82, 2.24) is 9.88 Å². The van der Waals surface area contributed by atoms with Crippen LogP contribution >= 0.6 is 0 Å². The molecule has 23 heavy (non-hydrogen) atoms. The van der Waals surface area contributed by atoms with Crippen LogP contribution in [0, 0.1) is 6.92 Å². The molecular formula is C18H29N3O2. The predicted octanol–water partition coefficient (Wildman–Crippen LogP) is 3.62. The molecule has 1 saturated heterocycles. The SMILES string of the molecule is Cc1ccnc(N(C)C[C@@H]2CCCCN2C(=O)OC(C)(C)C)c1. The third-order valence-corrected chi connectivity index (χ3v) is 4.03. The summed E-state index contributed by atoms with van der Waals surface area (Å²) in [4.78, 5) is 20.9. The monoisotopic (exact) mass is 319 g/mol. The Labute approximate surface area is 139 Å². The molecule has 1 aromatic heterocycles. The lowest BCUT2D eigenvalue weighted by molar-refractivity contribution is 0.0108. The molecule has 0 aliphatic carbocycles. The molecule has 0 spiro atoms. The number of hydrogen-bond acceptors (Lipinski definition) is 4. The molecule has 0 unspecified atom stereocenters. The van der Waals surface area contributed by atoms with E-state index in [1.807, 2.05) is 45.0 Å². The number of likely N-dealkylation sites (N-methyl/N-ethyl adjacent to an activating group) is 1. The second-order valence-electron chi connectivity index (χ2n) is 7.40. The summed E-state index contributed by atoms with van der Waals surface area (Å²) in [5.41, 5.74) is 0.734. The molecule has 5 heteroatoms. The fourth-order valence-corrected chi connectivity index (χ4v) is 2.89. The zero-order valence-electron chi connectivity index (χ0n) is 15.0. The number of hydrogen-bond donors (Lipinski definition) is 0. The minimum Gasteiger partial charge on any atom is -0.444 e. The van der Waals surface area contributed by atoms with Crippen molar-refractivity contribution in [1.29, 1.82) is 0 Å². The summed E-state index contributed by atoms with van der Waals surface area (Å²) in [6.07, 6.45) is 4.83. The van der Waals surface area contributed by atoms with Gasteiger partial charge in [0.2, 0.25) is 0 Å². The Hall–Kier alpha value is -1.78. The predicted molar refractivity (Wildman–Crippen MR) is 92.8 cm³/mol. The number of pyridine rings is 1. The number of anilines is 1. The first-order chi connectivity index (χ1) is 10.8. The zero-order valence-corrected chi connectivity index (χ0v) is 15.0. The second kappa shape index (κ2) is 7.20. The van der Waals surface area contributed by atoms with E-state index in [-0.39, 0.29) is 12.1 Å². The van der Waals surface area contributed by atoms with Crippen molar-refractivity contribution in [3.63, 3.8) is 0 Å². The van der Waals surface area contributed by atoms with Crippen molar-refractivity contribution in [2.24, 2.45) is 0 Å². The van der Waals surface area contributed by atoms with E-state index in [0.717, 1.165) is 38.2 Å². The average Bonchev–Trinajstić information content (AvgIpc) is 2.46. The minimum atomic E-state index is -0.455. The smallest absolute Gasteiger partial charge is 0.410 e. The molecule has 2 rings (SSSR count). The van der Waals surface area contributed by atoms with E-state index in [0.29, 0.717) is 0 Å².